The first-order chi connectivity index (χ1) is 16.4. The Morgan fingerprint density at radius 3 is 2.56 bits per heavy atom. The Balaban J connectivity index is 1.53. The molecule has 0 unspecified atom stereocenters. The van der Waals surface area contributed by atoms with Gasteiger partial charge in [-0.3, -0.25) is 4.79 Å². The van der Waals surface area contributed by atoms with E-state index in [0.717, 1.165) is 34.8 Å². The van der Waals surface area contributed by atoms with Gasteiger partial charge in [-0.25, -0.2) is 9.67 Å². The lowest BCUT2D eigenvalue weighted by atomic mass is 10.0. The van der Waals surface area contributed by atoms with Crippen LogP contribution in [0, 0.1) is 0 Å². The Labute approximate surface area is 198 Å². The standard InChI is InChI=1S/C25H19F3N4OS/c26-25(27,28)17-9-6-10-18(15-17)32-23(16-7-2-1-3-8-16)30-22(31-32)24(33)29-20-13-14-34-21-12-5-4-11-19(20)21/h1-12,15,20H,13-14H2,(H,29,33)/t20-/m1/s1. The van der Waals surface area contributed by atoms with Crippen molar-refractivity contribution in [1.82, 2.24) is 20.1 Å². The maximum absolute atomic E-state index is 13.3. The minimum absolute atomic E-state index is 0.105. The molecule has 2 heterocycles. The smallest absolute Gasteiger partial charge is 0.342 e. The van der Waals surface area contributed by atoms with Crippen molar-refractivity contribution in [3.05, 3.63) is 95.8 Å². The number of aromatic nitrogens is 3. The Hall–Kier alpha value is -3.59. The van der Waals surface area contributed by atoms with Crippen LogP contribution in [-0.4, -0.2) is 26.4 Å². The number of thioether (sulfide) groups is 1. The van der Waals surface area contributed by atoms with Gasteiger partial charge in [0.05, 0.1) is 17.3 Å². The van der Waals surface area contributed by atoms with E-state index in [9.17, 15) is 18.0 Å². The molecule has 0 aliphatic carbocycles. The monoisotopic (exact) mass is 480 g/mol. The maximum Gasteiger partial charge on any atom is 0.416 e. The summed E-state index contributed by atoms with van der Waals surface area (Å²) in [5, 5.41) is 7.32. The Morgan fingerprint density at radius 1 is 1.00 bits per heavy atom. The topological polar surface area (TPSA) is 59.8 Å². The minimum atomic E-state index is -4.50. The molecule has 0 fully saturated rings. The lowest BCUT2D eigenvalue weighted by Gasteiger charge is -2.25. The van der Waals surface area contributed by atoms with Gasteiger partial charge in [0.15, 0.2) is 5.82 Å². The zero-order chi connectivity index (χ0) is 23.7. The number of rotatable bonds is 4. The number of benzene rings is 3. The molecule has 0 saturated heterocycles. The summed E-state index contributed by atoms with van der Waals surface area (Å²) >= 11 is 1.74. The summed E-state index contributed by atoms with van der Waals surface area (Å²) in [5.41, 5.74) is 1.03. The van der Waals surface area contributed by atoms with E-state index in [0.29, 0.717) is 5.56 Å². The average molecular weight is 481 g/mol. The normalized spacial score (nSPS) is 15.6. The Kier molecular flexibility index (Phi) is 5.87. The molecular formula is C25H19F3N4OS. The molecule has 1 N–H and O–H groups in total. The van der Waals surface area contributed by atoms with Gasteiger partial charge in [0.2, 0.25) is 5.82 Å². The number of hydrogen-bond acceptors (Lipinski definition) is 4. The predicted octanol–water partition coefficient (Wildman–Crippen LogP) is 5.92. The number of alkyl halides is 3. The molecule has 1 aliphatic heterocycles. The van der Waals surface area contributed by atoms with Gasteiger partial charge in [0.25, 0.3) is 5.91 Å². The van der Waals surface area contributed by atoms with E-state index in [1.165, 1.54) is 16.8 Å². The molecule has 0 radical (unpaired) electrons. The number of nitrogens with zero attached hydrogens (tertiary/aromatic N) is 3. The second kappa shape index (κ2) is 8.98. The molecule has 34 heavy (non-hydrogen) atoms. The summed E-state index contributed by atoms with van der Waals surface area (Å²) < 4.78 is 41.2. The number of nitrogens with one attached hydrogen (secondary N) is 1. The quantitative estimate of drug-likeness (QED) is 0.394. The molecule has 0 bridgehead atoms. The largest absolute Gasteiger partial charge is 0.416 e. The number of carbonyl (C=O) groups excluding carboxylic acids is 1. The molecule has 1 aromatic heterocycles. The average Bonchev–Trinajstić information content (AvgIpc) is 3.30. The van der Waals surface area contributed by atoms with Gasteiger partial charge in [-0.2, -0.15) is 13.2 Å². The van der Waals surface area contributed by atoms with Crippen molar-refractivity contribution in [2.24, 2.45) is 0 Å². The summed E-state index contributed by atoms with van der Waals surface area (Å²) in [6, 6.07) is 21.4. The van der Waals surface area contributed by atoms with E-state index in [1.807, 2.05) is 30.3 Å². The molecule has 5 rings (SSSR count). The second-order valence-corrected chi connectivity index (χ2v) is 8.92. The summed E-state index contributed by atoms with van der Waals surface area (Å²) in [6.07, 6.45) is -3.75. The van der Waals surface area contributed by atoms with Gasteiger partial charge in [-0.05, 0) is 36.2 Å². The van der Waals surface area contributed by atoms with Gasteiger partial charge >= 0.3 is 6.18 Å². The zero-order valence-corrected chi connectivity index (χ0v) is 18.6. The van der Waals surface area contributed by atoms with Gasteiger partial charge in [-0.15, -0.1) is 16.9 Å². The van der Waals surface area contributed by atoms with Crippen LogP contribution in [0.2, 0.25) is 0 Å². The molecule has 172 valence electrons. The number of carbonyl (C=O) groups is 1. The van der Waals surface area contributed by atoms with Crippen LogP contribution in [-0.2, 0) is 6.18 Å². The van der Waals surface area contributed by atoms with Crippen LogP contribution in [0.3, 0.4) is 0 Å². The fourth-order valence-corrected chi connectivity index (χ4v) is 5.02. The van der Waals surface area contributed by atoms with Crippen molar-refractivity contribution in [1.29, 1.82) is 0 Å². The number of fused-ring (bicyclic) bond motifs is 1. The summed E-state index contributed by atoms with van der Waals surface area (Å²) in [6.45, 7) is 0. The van der Waals surface area contributed by atoms with E-state index >= 15 is 0 Å². The van der Waals surface area contributed by atoms with Crippen molar-refractivity contribution in [3.8, 4) is 17.1 Å². The highest BCUT2D eigenvalue weighted by Crippen LogP contribution is 2.36. The van der Waals surface area contributed by atoms with Crippen LogP contribution in [0.5, 0.6) is 0 Å². The molecule has 3 aromatic carbocycles. The third-order valence-corrected chi connectivity index (χ3v) is 6.65. The minimum Gasteiger partial charge on any atom is -0.342 e. The summed E-state index contributed by atoms with van der Waals surface area (Å²) in [4.78, 5) is 18.7. The highest BCUT2D eigenvalue weighted by Gasteiger charge is 2.31. The van der Waals surface area contributed by atoms with Crippen LogP contribution < -0.4 is 5.32 Å². The molecule has 0 spiro atoms. The van der Waals surface area contributed by atoms with Crippen LogP contribution in [0.4, 0.5) is 13.2 Å². The predicted molar refractivity (Wildman–Crippen MR) is 124 cm³/mol. The first kappa shape index (κ1) is 22.2. The summed E-state index contributed by atoms with van der Waals surface area (Å²) in [7, 11) is 0. The van der Waals surface area contributed by atoms with Crippen LogP contribution in [0.15, 0.2) is 83.8 Å². The van der Waals surface area contributed by atoms with Crippen LogP contribution in [0.1, 0.15) is 34.2 Å². The van der Waals surface area contributed by atoms with Crippen LogP contribution in [0.25, 0.3) is 17.1 Å². The third-order valence-electron chi connectivity index (χ3n) is 5.52. The van der Waals surface area contributed by atoms with E-state index < -0.39 is 17.6 Å². The Bertz CT molecular complexity index is 1340. The highest BCUT2D eigenvalue weighted by molar-refractivity contribution is 7.99. The van der Waals surface area contributed by atoms with Gasteiger partial charge in [0, 0.05) is 16.2 Å². The SMILES string of the molecule is O=C(N[C@@H]1CCSc2ccccc21)c1nc(-c2ccccc2)n(-c2cccc(C(F)(F)F)c2)n1. The van der Waals surface area contributed by atoms with E-state index in [-0.39, 0.29) is 23.4 Å². The van der Waals surface area contributed by atoms with Crippen molar-refractivity contribution in [2.75, 3.05) is 5.75 Å². The lowest BCUT2D eigenvalue weighted by molar-refractivity contribution is -0.137. The van der Waals surface area contributed by atoms with Gasteiger partial charge < -0.3 is 5.32 Å². The van der Waals surface area contributed by atoms with E-state index in [1.54, 1.807) is 36.0 Å². The molecule has 0 saturated carbocycles. The summed E-state index contributed by atoms with van der Waals surface area (Å²) in [5.74, 6) is 0.565. The van der Waals surface area contributed by atoms with Crippen molar-refractivity contribution in [2.45, 2.75) is 23.5 Å². The van der Waals surface area contributed by atoms with Crippen LogP contribution >= 0.6 is 11.8 Å². The molecule has 1 atom stereocenters. The molecule has 9 heteroatoms. The zero-order valence-electron chi connectivity index (χ0n) is 17.8. The first-order valence-electron chi connectivity index (χ1n) is 10.6. The van der Waals surface area contributed by atoms with E-state index in [4.69, 9.17) is 0 Å². The van der Waals surface area contributed by atoms with Gasteiger partial charge in [0.1, 0.15) is 0 Å². The molecule has 4 aromatic rings. The van der Waals surface area contributed by atoms with Crippen molar-refractivity contribution >= 4 is 17.7 Å². The van der Waals surface area contributed by atoms with Gasteiger partial charge in [-0.1, -0.05) is 54.6 Å². The number of amides is 1. The molecule has 1 amide bonds. The fraction of sp³-hybridized carbons (Fsp3) is 0.160. The highest BCUT2D eigenvalue weighted by atomic mass is 32.2. The van der Waals surface area contributed by atoms with E-state index in [2.05, 4.69) is 15.4 Å². The first-order valence-corrected chi connectivity index (χ1v) is 11.6. The molecule has 1 aliphatic rings. The number of hydrogen-bond donors (Lipinski definition) is 1. The van der Waals surface area contributed by atoms with Crippen molar-refractivity contribution in [3.63, 3.8) is 0 Å². The fourth-order valence-electron chi connectivity index (χ4n) is 3.89. The molecule has 5 nitrogen and oxygen atoms in total. The maximum atomic E-state index is 13.3. The second-order valence-electron chi connectivity index (χ2n) is 7.79. The Morgan fingerprint density at radius 2 is 1.76 bits per heavy atom. The molecular weight excluding hydrogens is 461 g/mol. The third kappa shape index (κ3) is 4.43. The van der Waals surface area contributed by atoms with Crippen molar-refractivity contribution < 1.29 is 18.0 Å². The lowest BCUT2D eigenvalue weighted by Crippen LogP contribution is -2.31. The number of halogens is 3.